The quantitative estimate of drug-likeness (QED) is 0.713. The minimum absolute atomic E-state index is 0.0395. The molecular formula is C15H25NO4S. The van der Waals surface area contributed by atoms with E-state index in [1.54, 1.807) is 7.11 Å². The summed E-state index contributed by atoms with van der Waals surface area (Å²) >= 11 is 0. The summed E-state index contributed by atoms with van der Waals surface area (Å²) in [6.45, 7) is 3.04. The Hall–Kier alpha value is -1.11. The lowest BCUT2D eigenvalue weighted by molar-refractivity contribution is 0.217. The van der Waals surface area contributed by atoms with Crippen molar-refractivity contribution in [3.63, 3.8) is 0 Å². The summed E-state index contributed by atoms with van der Waals surface area (Å²) in [6.07, 6.45) is 0.943. The number of hydrogen-bond acceptors (Lipinski definition) is 5. The second-order valence-corrected chi connectivity index (χ2v) is 7.12. The molecule has 6 heteroatoms. The topological polar surface area (TPSA) is 64.6 Å². The molecule has 1 rings (SSSR count). The molecule has 0 spiro atoms. The number of rotatable bonds is 10. The smallest absolute Gasteiger partial charge is 0.154 e. The molecule has 0 bridgehead atoms. The molecule has 0 aromatic heterocycles. The molecule has 0 saturated carbocycles. The fourth-order valence-electron chi connectivity index (χ4n) is 2.00. The van der Waals surface area contributed by atoms with E-state index in [1.807, 2.05) is 24.3 Å². The summed E-state index contributed by atoms with van der Waals surface area (Å²) in [4.78, 5) is 0. The molecule has 0 amide bonds. The Morgan fingerprint density at radius 1 is 1.29 bits per heavy atom. The molecule has 1 unspecified atom stereocenters. The Kier molecular flexibility index (Phi) is 7.71. The van der Waals surface area contributed by atoms with Gasteiger partial charge in [0.05, 0.1) is 25.2 Å². The van der Waals surface area contributed by atoms with Gasteiger partial charge in [-0.05, 0) is 30.7 Å². The van der Waals surface area contributed by atoms with Crippen molar-refractivity contribution in [2.24, 2.45) is 0 Å². The molecule has 1 N–H and O–H groups in total. The number of hydrogen-bond donors (Lipinski definition) is 1. The molecule has 120 valence electrons. The number of sulfone groups is 1. The highest BCUT2D eigenvalue weighted by molar-refractivity contribution is 7.91. The SMILES string of the molecule is CCCNC(CS(=O)(=O)CCOC)c1cccc(OC)c1. The van der Waals surface area contributed by atoms with Gasteiger partial charge in [-0.2, -0.15) is 0 Å². The molecule has 0 radical (unpaired) electrons. The Bertz CT molecular complexity index is 516. The normalized spacial score (nSPS) is 13.1. The van der Waals surface area contributed by atoms with E-state index in [0.29, 0.717) is 0 Å². The lowest BCUT2D eigenvalue weighted by atomic mass is 10.1. The molecule has 0 aliphatic carbocycles. The van der Waals surface area contributed by atoms with Gasteiger partial charge in [-0.1, -0.05) is 19.1 Å². The standard InChI is InChI=1S/C15H25NO4S/c1-4-8-16-15(12-21(17,18)10-9-19-2)13-6-5-7-14(11-13)20-3/h5-7,11,15-16H,4,8-10,12H2,1-3H3. The van der Waals surface area contributed by atoms with Crippen molar-refractivity contribution in [1.29, 1.82) is 0 Å². The molecule has 0 aliphatic rings. The highest BCUT2D eigenvalue weighted by atomic mass is 32.2. The van der Waals surface area contributed by atoms with Gasteiger partial charge >= 0.3 is 0 Å². The van der Waals surface area contributed by atoms with Crippen LogP contribution in [-0.4, -0.2) is 47.3 Å². The highest BCUT2D eigenvalue weighted by Crippen LogP contribution is 2.21. The van der Waals surface area contributed by atoms with Gasteiger partial charge in [-0.3, -0.25) is 0 Å². The second kappa shape index (κ2) is 9.02. The molecule has 1 aromatic carbocycles. The van der Waals surface area contributed by atoms with Crippen LogP contribution >= 0.6 is 0 Å². The van der Waals surface area contributed by atoms with Crippen LogP contribution in [0.1, 0.15) is 24.9 Å². The van der Waals surface area contributed by atoms with E-state index in [9.17, 15) is 8.42 Å². The maximum Gasteiger partial charge on any atom is 0.154 e. The van der Waals surface area contributed by atoms with Crippen molar-refractivity contribution in [2.45, 2.75) is 19.4 Å². The minimum atomic E-state index is -3.17. The van der Waals surface area contributed by atoms with Crippen LogP contribution in [0.4, 0.5) is 0 Å². The number of benzene rings is 1. The molecule has 0 heterocycles. The monoisotopic (exact) mass is 315 g/mol. The largest absolute Gasteiger partial charge is 0.497 e. The van der Waals surface area contributed by atoms with Gasteiger partial charge in [0.15, 0.2) is 9.84 Å². The number of nitrogens with one attached hydrogen (secondary N) is 1. The van der Waals surface area contributed by atoms with E-state index in [-0.39, 0.29) is 24.2 Å². The maximum atomic E-state index is 12.1. The molecule has 5 nitrogen and oxygen atoms in total. The van der Waals surface area contributed by atoms with E-state index in [0.717, 1.165) is 24.3 Å². The molecular weight excluding hydrogens is 290 g/mol. The number of methoxy groups -OCH3 is 2. The lowest BCUT2D eigenvalue weighted by Crippen LogP contribution is -2.30. The van der Waals surface area contributed by atoms with Gasteiger partial charge < -0.3 is 14.8 Å². The summed E-state index contributed by atoms with van der Waals surface area (Å²) in [7, 11) is -0.0649. The van der Waals surface area contributed by atoms with Crippen LogP contribution in [0.15, 0.2) is 24.3 Å². The van der Waals surface area contributed by atoms with E-state index in [1.165, 1.54) is 7.11 Å². The van der Waals surface area contributed by atoms with Gasteiger partial charge in [0.2, 0.25) is 0 Å². The van der Waals surface area contributed by atoms with Gasteiger partial charge in [-0.25, -0.2) is 8.42 Å². The van der Waals surface area contributed by atoms with Crippen LogP contribution in [-0.2, 0) is 14.6 Å². The van der Waals surface area contributed by atoms with Gasteiger partial charge in [0.1, 0.15) is 5.75 Å². The van der Waals surface area contributed by atoms with Crippen LogP contribution in [0.25, 0.3) is 0 Å². The first-order valence-electron chi connectivity index (χ1n) is 7.09. The Morgan fingerprint density at radius 2 is 2.05 bits per heavy atom. The average molecular weight is 315 g/mol. The van der Waals surface area contributed by atoms with Crippen molar-refractivity contribution in [3.8, 4) is 5.75 Å². The van der Waals surface area contributed by atoms with Crippen molar-refractivity contribution in [3.05, 3.63) is 29.8 Å². The van der Waals surface area contributed by atoms with Crippen molar-refractivity contribution >= 4 is 9.84 Å². The molecule has 0 saturated heterocycles. The molecule has 21 heavy (non-hydrogen) atoms. The third-order valence-electron chi connectivity index (χ3n) is 3.16. The van der Waals surface area contributed by atoms with Gasteiger partial charge in [0, 0.05) is 13.2 Å². The predicted molar refractivity (Wildman–Crippen MR) is 84.6 cm³/mol. The summed E-state index contributed by atoms with van der Waals surface area (Å²) in [5, 5.41) is 3.29. The fourth-order valence-corrected chi connectivity index (χ4v) is 3.40. The minimum Gasteiger partial charge on any atom is -0.497 e. The molecule has 0 aliphatic heterocycles. The summed E-state index contributed by atoms with van der Waals surface area (Å²) in [6, 6.07) is 7.28. The van der Waals surface area contributed by atoms with Crippen molar-refractivity contribution in [2.75, 3.05) is 38.9 Å². The van der Waals surface area contributed by atoms with Crippen molar-refractivity contribution < 1.29 is 17.9 Å². The first-order chi connectivity index (χ1) is 10.0. The van der Waals surface area contributed by atoms with Crippen LogP contribution < -0.4 is 10.1 Å². The zero-order chi connectivity index (χ0) is 15.7. The third kappa shape index (κ3) is 6.46. The Balaban J connectivity index is 2.88. The van der Waals surface area contributed by atoms with Crippen LogP contribution in [0, 0.1) is 0 Å². The van der Waals surface area contributed by atoms with E-state index in [2.05, 4.69) is 12.2 Å². The van der Waals surface area contributed by atoms with E-state index < -0.39 is 9.84 Å². The van der Waals surface area contributed by atoms with Crippen LogP contribution in [0.2, 0.25) is 0 Å². The van der Waals surface area contributed by atoms with Gasteiger partial charge in [-0.15, -0.1) is 0 Å². The lowest BCUT2D eigenvalue weighted by Gasteiger charge is -2.19. The first-order valence-corrected chi connectivity index (χ1v) is 8.91. The number of ether oxygens (including phenoxy) is 2. The van der Waals surface area contributed by atoms with Crippen LogP contribution in [0.3, 0.4) is 0 Å². The molecule has 1 aromatic rings. The Morgan fingerprint density at radius 3 is 2.67 bits per heavy atom. The fraction of sp³-hybridized carbons (Fsp3) is 0.600. The Labute approximate surface area is 127 Å². The first kappa shape index (κ1) is 17.9. The zero-order valence-electron chi connectivity index (χ0n) is 13.0. The maximum absolute atomic E-state index is 12.1. The van der Waals surface area contributed by atoms with E-state index in [4.69, 9.17) is 9.47 Å². The highest BCUT2D eigenvalue weighted by Gasteiger charge is 2.20. The summed E-state index contributed by atoms with van der Waals surface area (Å²) in [5.74, 6) is 0.825. The summed E-state index contributed by atoms with van der Waals surface area (Å²) in [5.41, 5.74) is 0.920. The van der Waals surface area contributed by atoms with Crippen LogP contribution in [0.5, 0.6) is 5.75 Å². The zero-order valence-corrected chi connectivity index (χ0v) is 13.8. The second-order valence-electron chi connectivity index (χ2n) is 4.89. The third-order valence-corrected chi connectivity index (χ3v) is 4.79. The summed E-state index contributed by atoms with van der Waals surface area (Å²) < 4.78 is 34.3. The van der Waals surface area contributed by atoms with E-state index >= 15 is 0 Å². The van der Waals surface area contributed by atoms with Crippen molar-refractivity contribution in [1.82, 2.24) is 5.32 Å². The van der Waals surface area contributed by atoms with Gasteiger partial charge in [0.25, 0.3) is 0 Å². The molecule has 0 fully saturated rings. The predicted octanol–water partition coefficient (Wildman–Crippen LogP) is 1.80. The average Bonchev–Trinajstić information content (AvgIpc) is 2.49. The molecule has 1 atom stereocenters.